The Kier molecular flexibility index (Phi) is 4.85. The van der Waals surface area contributed by atoms with Crippen molar-refractivity contribution in [2.75, 3.05) is 24.6 Å². The molecule has 1 aromatic rings. The third-order valence-corrected chi connectivity index (χ3v) is 3.92. The van der Waals surface area contributed by atoms with Crippen molar-refractivity contribution in [3.8, 4) is 0 Å². The smallest absolute Gasteiger partial charge is 0.250 e. The summed E-state index contributed by atoms with van der Waals surface area (Å²) in [6, 6.07) is 8.85. The molecule has 1 aromatic carbocycles. The van der Waals surface area contributed by atoms with E-state index in [1.54, 1.807) is 16.7 Å². The van der Waals surface area contributed by atoms with Crippen molar-refractivity contribution in [2.24, 2.45) is 0 Å². The van der Waals surface area contributed by atoms with E-state index in [1.165, 1.54) is 0 Å². The minimum Gasteiger partial charge on any atom is -0.339 e. The van der Waals surface area contributed by atoms with E-state index < -0.39 is 6.04 Å². The number of nitrogens with one attached hydrogen (secondary N) is 1. The van der Waals surface area contributed by atoms with Crippen LogP contribution in [0.25, 0.3) is 0 Å². The van der Waals surface area contributed by atoms with Gasteiger partial charge in [0.1, 0.15) is 6.04 Å². The van der Waals surface area contributed by atoms with Crippen LogP contribution in [0.15, 0.2) is 30.3 Å². The van der Waals surface area contributed by atoms with Gasteiger partial charge in [0.15, 0.2) is 0 Å². The zero-order valence-electron chi connectivity index (χ0n) is 11.0. The second kappa shape index (κ2) is 6.61. The molecule has 4 nitrogen and oxygen atoms in total. The Hall–Kier alpha value is -1.49. The molecule has 1 aliphatic heterocycles. The van der Waals surface area contributed by atoms with Crippen molar-refractivity contribution in [2.45, 2.75) is 13.0 Å². The minimum atomic E-state index is -0.533. The number of amides is 2. The molecule has 1 unspecified atom stereocenters. The molecule has 0 aliphatic carbocycles. The van der Waals surface area contributed by atoms with Crippen molar-refractivity contribution in [3.05, 3.63) is 35.9 Å². The maximum Gasteiger partial charge on any atom is 0.250 e. The van der Waals surface area contributed by atoms with Crippen LogP contribution in [0.5, 0.6) is 0 Å². The number of carbonyl (C=O) groups excluding carboxylic acids is 2. The number of hydrogen-bond acceptors (Lipinski definition) is 3. The van der Waals surface area contributed by atoms with Crippen molar-refractivity contribution >= 4 is 23.6 Å². The summed E-state index contributed by atoms with van der Waals surface area (Å²) in [5.74, 6) is 1.80. The molecular formula is C14H18N2O2S. The number of thioether (sulfide) groups is 1. The lowest BCUT2D eigenvalue weighted by atomic mass is 10.0. The highest BCUT2D eigenvalue weighted by Crippen LogP contribution is 2.19. The second-order valence-corrected chi connectivity index (χ2v) is 5.76. The standard InChI is InChI=1S/C14H18N2O2S/c1-2-19-9-8-16-10-12(17)15-13(14(16)18)11-6-4-3-5-7-11/h3-7,13H,2,8-10H2,1H3,(H,15,17). The SMILES string of the molecule is CCSCCN1CC(=O)NC(c2ccccc2)C1=O. The van der Waals surface area contributed by atoms with Crippen LogP contribution in [0.2, 0.25) is 0 Å². The van der Waals surface area contributed by atoms with Gasteiger partial charge in [-0.1, -0.05) is 37.3 Å². The number of rotatable bonds is 5. The van der Waals surface area contributed by atoms with Gasteiger partial charge in [-0.3, -0.25) is 9.59 Å². The van der Waals surface area contributed by atoms with Crippen LogP contribution in [0, 0.1) is 0 Å². The molecule has 1 N–H and O–H groups in total. The van der Waals surface area contributed by atoms with E-state index in [1.807, 2.05) is 30.3 Å². The first-order chi connectivity index (χ1) is 9.22. The zero-order chi connectivity index (χ0) is 13.7. The fraction of sp³-hybridized carbons (Fsp3) is 0.429. The summed E-state index contributed by atoms with van der Waals surface area (Å²) in [6.07, 6.45) is 0. The molecule has 2 amide bonds. The average molecular weight is 278 g/mol. The topological polar surface area (TPSA) is 49.4 Å². The van der Waals surface area contributed by atoms with Crippen LogP contribution in [0.4, 0.5) is 0 Å². The van der Waals surface area contributed by atoms with Crippen LogP contribution < -0.4 is 5.32 Å². The predicted molar refractivity (Wildman–Crippen MR) is 76.9 cm³/mol. The maximum absolute atomic E-state index is 12.4. The Morgan fingerprint density at radius 2 is 2.05 bits per heavy atom. The number of piperazine rings is 1. The van der Waals surface area contributed by atoms with Crippen LogP contribution in [0.1, 0.15) is 18.5 Å². The van der Waals surface area contributed by atoms with Gasteiger partial charge in [0.05, 0.1) is 6.54 Å². The summed E-state index contributed by atoms with van der Waals surface area (Å²) < 4.78 is 0. The molecule has 0 radical (unpaired) electrons. The van der Waals surface area contributed by atoms with Gasteiger partial charge in [-0.25, -0.2) is 0 Å². The molecule has 0 spiro atoms. The summed E-state index contributed by atoms with van der Waals surface area (Å²) >= 11 is 1.78. The molecule has 1 fully saturated rings. The first kappa shape index (κ1) is 13.9. The Morgan fingerprint density at radius 3 is 2.74 bits per heavy atom. The fourth-order valence-electron chi connectivity index (χ4n) is 2.08. The third kappa shape index (κ3) is 3.50. The van der Waals surface area contributed by atoms with E-state index >= 15 is 0 Å². The van der Waals surface area contributed by atoms with E-state index in [0.717, 1.165) is 17.1 Å². The van der Waals surface area contributed by atoms with Crippen molar-refractivity contribution < 1.29 is 9.59 Å². The molecule has 19 heavy (non-hydrogen) atoms. The summed E-state index contributed by atoms with van der Waals surface area (Å²) in [5, 5.41) is 2.77. The Morgan fingerprint density at radius 1 is 1.32 bits per heavy atom. The molecule has 5 heteroatoms. The molecule has 0 saturated carbocycles. The molecule has 102 valence electrons. The molecule has 0 bridgehead atoms. The van der Waals surface area contributed by atoms with Crippen molar-refractivity contribution in [3.63, 3.8) is 0 Å². The lowest BCUT2D eigenvalue weighted by Crippen LogP contribution is -2.53. The summed E-state index contributed by atoms with van der Waals surface area (Å²) in [5.41, 5.74) is 0.841. The number of benzene rings is 1. The monoisotopic (exact) mass is 278 g/mol. The molecule has 0 aromatic heterocycles. The largest absolute Gasteiger partial charge is 0.339 e. The van der Waals surface area contributed by atoms with Gasteiger partial charge in [-0.15, -0.1) is 0 Å². The van der Waals surface area contributed by atoms with E-state index in [-0.39, 0.29) is 18.4 Å². The molecule has 1 aliphatic rings. The molecule has 1 atom stereocenters. The number of nitrogens with zero attached hydrogens (tertiary/aromatic N) is 1. The van der Waals surface area contributed by atoms with Crippen LogP contribution in [-0.2, 0) is 9.59 Å². The summed E-state index contributed by atoms with van der Waals surface area (Å²) in [7, 11) is 0. The Labute approximate surface area is 117 Å². The van der Waals surface area contributed by atoms with Crippen molar-refractivity contribution in [1.82, 2.24) is 10.2 Å². The number of carbonyl (C=O) groups is 2. The Bertz CT molecular complexity index is 450. The zero-order valence-corrected chi connectivity index (χ0v) is 11.8. The fourth-order valence-corrected chi connectivity index (χ4v) is 2.72. The predicted octanol–water partition coefficient (Wildman–Crippen LogP) is 1.44. The van der Waals surface area contributed by atoms with Gasteiger partial charge < -0.3 is 10.2 Å². The lowest BCUT2D eigenvalue weighted by molar-refractivity contribution is -0.144. The van der Waals surface area contributed by atoms with Crippen molar-refractivity contribution in [1.29, 1.82) is 0 Å². The van der Waals surface area contributed by atoms with Crippen LogP contribution in [0.3, 0.4) is 0 Å². The molecule has 2 rings (SSSR count). The quantitative estimate of drug-likeness (QED) is 0.829. The highest BCUT2D eigenvalue weighted by Gasteiger charge is 2.33. The summed E-state index contributed by atoms with van der Waals surface area (Å²) in [4.78, 5) is 25.7. The van der Waals surface area contributed by atoms with Gasteiger partial charge in [0, 0.05) is 12.3 Å². The highest BCUT2D eigenvalue weighted by molar-refractivity contribution is 7.99. The van der Waals surface area contributed by atoms with E-state index in [4.69, 9.17) is 0 Å². The second-order valence-electron chi connectivity index (χ2n) is 4.37. The average Bonchev–Trinajstić information content (AvgIpc) is 2.43. The van der Waals surface area contributed by atoms with Gasteiger partial charge in [-0.2, -0.15) is 11.8 Å². The van der Waals surface area contributed by atoms with Gasteiger partial charge >= 0.3 is 0 Å². The molecule has 1 saturated heterocycles. The van der Waals surface area contributed by atoms with Gasteiger partial charge in [-0.05, 0) is 11.3 Å². The first-order valence-corrected chi connectivity index (χ1v) is 7.58. The van der Waals surface area contributed by atoms with Gasteiger partial charge in [0.25, 0.3) is 0 Å². The van der Waals surface area contributed by atoms with E-state index in [0.29, 0.717) is 6.54 Å². The van der Waals surface area contributed by atoms with Gasteiger partial charge in [0.2, 0.25) is 11.8 Å². The summed E-state index contributed by atoms with van der Waals surface area (Å²) in [6.45, 7) is 2.89. The lowest BCUT2D eigenvalue weighted by Gasteiger charge is -2.32. The van der Waals surface area contributed by atoms with Crippen LogP contribution in [-0.4, -0.2) is 41.3 Å². The van der Waals surface area contributed by atoms with E-state index in [2.05, 4.69) is 12.2 Å². The van der Waals surface area contributed by atoms with E-state index in [9.17, 15) is 9.59 Å². The molecular weight excluding hydrogens is 260 g/mol. The minimum absolute atomic E-state index is 0.0116. The number of hydrogen-bond donors (Lipinski definition) is 1. The normalized spacial score (nSPS) is 19.4. The highest BCUT2D eigenvalue weighted by atomic mass is 32.2. The molecule has 1 heterocycles. The van der Waals surface area contributed by atoms with Crippen LogP contribution >= 0.6 is 11.8 Å². The third-order valence-electron chi connectivity index (χ3n) is 3.04. The first-order valence-electron chi connectivity index (χ1n) is 6.43. The Balaban J connectivity index is 2.08. The maximum atomic E-state index is 12.4.